The molecule has 0 spiro atoms. The first-order chi connectivity index (χ1) is 8.92. The zero-order chi connectivity index (χ0) is 14.5. The van der Waals surface area contributed by atoms with Crippen LogP contribution in [0.5, 0.6) is 11.5 Å². The lowest BCUT2D eigenvalue weighted by Gasteiger charge is -2.24. The van der Waals surface area contributed by atoms with Crippen molar-refractivity contribution in [3.63, 3.8) is 0 Å². The molecule has 1 rings (SSSR count). The topological polar surface area (TPSA) is 50.7 Å². The fourth-order valence-electron chi connectivity index (χ4n) is 1.77. The molecular formula is C15H25NO3. The summed E-state index contributed by atoms with van der Waals surface area (Å²) in [7, 11) is 3.47. The number of rotatable bonds is 6. The molecule has 2 N–H and O–H groups in total. The minimum Gasteiger partial charge on any atom is -0.497 e. The molecule has 4 heteroatoms. The molecule has 0 amide bonds. The van der Waals surface area contributed by atoms with E-state index in [2.05, 4.69) is 26.1 Å². The molecule has 108 valence electrons. The number of hydrogen-bond donors (Lipinski definition) is 2. The van der Waals surface area contributed by atoms with Gasteiger partial charge < -0.3 is 19.9 Å². The number of likely N-dealkylation sites (N-methyl/N-ethyl adjacent to an activating group) is 1. The van der Waals surface area contributed by atoms with Gasteiger partial charge >= 0.3 is 0 Å². The minimum absolute atomic E-state index is 0.0295. The number of nitrogens with one attached hydrogen (secondary N) is 1. The van der Waals surface area contributed by atoms with Gasteiger partial charge in [-0.25, -0.2) is 0 Å². The molecule has 4 nitrogen and oxygen atoms in total. The Morgan fingerprint density at radius 2 is 2.00 bits per heavy atom. The van der Waals surface area contributed by atoms with Gasteiger partial charge in [0.25, 0.3) is 0 Å². The highest BCUT2D eigenvalue weighted by atomic mass is 16.5. The Labute approximate surface area is 115 Å². The number of hydrogen-bond acceptors (Lipinski definition) is 4. The summed E-state index contributed by atoms with van der Waals surface area (Å²) in [6, 6.07) is 5.75. The van der Waals surface area contributed by atoms with E-state index in [0.29, 0.717) is 6.61 Å². The van der Waals surface area contributed by atoms with Crippen molar-refractivity contribution in [1.82, 2.24) is 5.32 Å². The van der Waals surface area contributed by atoms with E-state index < -0.39 is 0 Å². The predicted molar refractivity (Wildman–Crippen MR) is 77.1 cm³/mol. The molecule has 0 aromatic heterocycles. The smallest absolute Gasteiger partial charge is 0.123 e. The minimum atomic E-state index is -0.0603. The summed E-state index contributed by atoms with van der Waals surface area (Å²) in [5.74, 6) is 1.66. The van der Waals surface area contributed by atoms with Crippen molar-refractivity contribution >= 4 is 0 Å². The van der Waals surface area contributed by atoms with Gasteiger partial charge in [-0.2, -0.15) is 0 Å². The predicted octanol–water partition coefficient (Wildman–Crippen LogP) is 1.95. The first-order valence-corrected chi connectivity index (χ1v) is 6.51. The molecule has 0 heterocycles. The van der Waals surface area contributed by atoms with Crippen LogP contribution in [0.1, 0.15) is 26.3 Å². The quantitative estimate of drug-likeness (QED) is 0.827. The molecule has 0 saturated carbocycles. The van der Waals surface area contributed by atoms with Gasteiger partial charge in [0.1, 0.15) is 18.1 Å². The van der Waals surface area contributed by atoms with Crippen LogP contribution in [0.3, 0.4) is 0 Å². The lowest BCUT2D eigenvalue weighted by Crippen LogP contribution is -2.35. The van der Waals surface area contributed by atoms with Crippen molar-refractivity contribution in [3.05, 3.63) is 23.8 Å². The molecule has 1 aromatic rings. The highest BCUT2D eigenvalue weighted by Crippen LogP contribution is 2.34. The van der Waals surface area contributed by atoms with Crippen LogP contribution in [0.15, 0.2) is 18.2 Å². The molecule has 0 aliphatic rings. The van der Waals surface area contributed by atoms with E-state index in [1.165, 1.54) is 0 Å². The van der Waals surface area contributed by atoms with Gasteiger partial charge in [0, 0.05) is 5.56 Å². The average Bonchev–Trinajstić information content (AvgIpc) is 2.39. The Balaban J connectivity index is 2.93. The monoisotopic (exact) mass is 267 g/mol. The second-order valence-electron chi connectivity index (χ2n) is 5.59. The molecular weight excluding hydrogens is 242 g/mol. The summed E-state index contributed by atoms with van der Waals surface area (Å²) in [4.78, 5) is 0. The van der Waals surface area contributed by atoms with E-state index in [4.69, 9.17) is 14.6 Å². The second kappa shape index (κ2) is 6.78. The summed E-state index contributed by atoms with van der Waals surface area (Å²) in [6.45, 7) is 6.89. The van der Waals surface area contributed by atoms with Crippen LogP contribution in [-0.2, 0) is 5.41 Å². The van der Waals surface area contributed by atoms with Crippen LogP contribution >= 0.6 is 0 Å². The van der Waals surface area contributed by atoms with Gasteiger partial charge in [0.05, 0.1) is 19.8 Å². The summed E-state index contributed by atoms with van der Waals surface area (Å²) in [6.07, 6.45) is 0. The van der Waals surface area contributed by atoms with Crippen LogP contribution in [0.25, 0.3) is 0 Å². The first-order valence-electron chi connectivity index (χ1n) is 6.51. The maximum atomic E-state index is 9.15. The van der Waals surface area contributed by atoms with Crippen molar-refractivity contribution < 1.29 is 14.6 Å². The Bertz CT molecular complexity index is 395. The van der Waals surface area contributed by atoms with Crippen molar-refractivity contribution in [2.24, 2.45) is 0 Å². The third-order valence-corrected chi connectivity index (χ3v) is 3.06. The van der Waals surface area contributed by atoms with Crippen molar-refractivity contribution in [3.8, 4) is 11.5 Å². The van der Waals surface area contributed by atoms with Crippen LogP contribution < -0.4 is 14.8 Å². The Morgan fingerprint density at radius 3 is 2.47 bits per heavy atom. The van der Waals surface area contributed by atoms with Crippen LogP contribution in [0.2, 0.25) is 0 Å². The molecule has 0 aliphatic carbocycles. The number of aliphatic hydroxyl groups excluding tert-OH is 1. The lowest BCUT2D eigenvalue weighted by molar-refractivity contribution is 0.187. The maximum absolute atomic E-state index is 9.15. The SMILES string of the molecule is CNC(CO)COc1ccc(OC)cc1C(C)(C)C. The zero-order valence-corrected chi connectivity index (χ0v) is 12.5. The Hall–Kier alpha value is -1.26. The van der Waals surface area contributed by atoms with E-state index in [9.17, 15) is 0 Å². The largest absolute Gasteiger partial charge is 0.497 e. The van der Waals surface area contributed by atoms with E-state index in [1.54, 1.807) is 7.11 Å². The third kappa shape index (κ3) is 4.40. The zero-order valence-electron chi connectivity index (χ0n) is 12.5. The van der Waals surface area contributed by atoms with E-state index >= 15 is 0 Å². The van der Waals surface area contributed by atoms with E-state index in [1.807, 2.05) is 25.2 Å². The van der Waals surface area contributed by atoms with Gasteiger partial charge in [0.2, 0.25) is 0 Å². The van der Waals surface area contributed by atoms with Crippen LogP contribution in [0, 0.1) is 0 Å². The number of aliphatic hydroxyl groups is 1. The maximum Gasteiger partial charge on any atom is 0.123 e. The van der Waals surface area contributed by atoms with Gasteiger partial charge in [0.15, 0.2) is 0 Å². The average molecular weight is 267 g/mol. The molecule has 1 aromatic carbocycles. The van der Waals surface area contributed by atoms with Crippen LogP contribution in [0.4, 0.5) is 0 Å². The number of methoxy groups -OCH3 is 1. The standard InChI is InChI=1S/C15H25NO3/c1-15(2,3)13-8-12(18-5)6-7-14(13)19-10-11(9-17)16-4/h6-8,11,16-17H,9-10H2,1-5H3. The molecule has 0 aliphatic heterocycles. The number of ether oxygens (including phenoxy) is 2. The van der Waals surface area contributed by atoms with Crippen molar-refractivity contribution in [1.29, 1.82) is 0 Å². The fraction of sp³-hybridized carbons (Fsp3) is 0.600. The van der Waals surface area contributed by atoms with Gasteiger partial charge in [-0.15, -0.1) is 0 Å². The molecule has 0 bridgehead atoms. The molecule has 19 heavy (non-hydrogen) atoms. The van der Waals surface area contributed by atoms with Crippen molar-refractivity contribution in [2.75, 3.05) is 27.4 Å². The van der Waals surface area contributed by atoms with Crippen molar-refractivity contribution in [2.45, 2.75) is 32.2 Å². The van der Waals surface area contributed by atoms with E-state index in [0.717, 1.165) is 17.1 Å². The van der Waals surface area contributed by atoms with Gasteiger partial charge in [-0.1, -0.05) is 20.8 Å². The number of benzene rings is 1. The highest BCUT2D eigenvalue weighted by Gasteiger charge is 2.20. The summed E-state index contributed by atoms with van der Waals surface area (Å²) in [5.41, 5.74) is 1.07. The Morgan fingerprint density at radius 1 is 1.32 bits per heavy atom. The summed E-state index contributed by atoms with van der Waals surface area (Å²) >= 11 is 0. The first kappa shape index (κ1) is 15.8. The molecule has 1 unspecified atom stereocenters. The second-order valence-corrected chi connectivity index (χ2v) is 5.59. The fourth-order valence-corrected chi connectivity index (χ4v) is 1.77. The molecule has 0 saturated heterocycles. The Kier molecular flexibility index (Phi) is 5.63. The molecule has 0 fully saturated rings. The third-order valence-electron chi connectivity index (χ3n) is 3.06. The van der Waals surface area contributed by atoms with Gasteiger partial charge in [-0.05, 0) is 30.7 Å². The van der Waals surface area contributed by atoms with Crippen LogP contribution in [-0.4, -0.2) is 38.5 Å². The van der Waals surface area contributed by atoms with E-state index in [-0.39, 0.29) is 18.1 Å². The summed E-state index contributed by atoms with van der Waals surface area (Å²) in [5, 5.41) is 12.2. The van der Waals surface area contributed by atoms with Gasteiger partial charge in [-0.3, -0.25) is 0 Å². The summed E-state index contributed by atoms with van der Waals surface area (Å²) < 4.78 is 11.1. The normalized spacial score (nSPS) is 13.2. The lowest BCUT2D eigenvalue weighted by atomic mass is 9.86. The molecule has 0 radical (unpaired) electrons. The highest BCUT2D eigenvalue weighted by molar-refractivity contribution is 5.44. The molecule has 1 atom stereocenters.